The third-order valence-electron chi connectivity index (χ3n) is 4.38. The predicted octanol–water partition coefficient (Wildman–Crippen LogP) is 3.91. The molecule has 0 fully saturated rings. The lowest BCUT2D eigenvalue weighted by atomic mass is 10.2. The minimum absolute atomic E-state index is 0.139. The van der Waals surface area contributed by atoms with Gasteiger partial charge >= 0.3 is 0 Å². The van der Waals surface area contributed by atoms with E-state index in [1.165, 1.54) is 7.11 Å². The highest BCUT2D eigenvalue weighted by Crippen LogP contribution is 2.30. The number of nitrogens with one attached hydrogen (secondary N) is 1. The van der Waals surface area contributed by atoms with Crippen molar-refractivity contribution in [3.8, 4) is 11.5 Å². The Morgan fingerprint density at radius 2 is 2.04 bits per heavy atom. The van der Waals surface area contributed by atoms with Crippen molar-refractivity contribution in [3.05, 3.63) is 53.0 Å². The number of hydrogen-bond donors (Lipinski definition) is 1. The zero-order chi connectivity index (χ0) is 20.3. The number of aromatic nitrogens is 3. The fourth-order valence-electron chi connectivity index (χ4n) is 2.80. The van der Waals surface area contributed by atoms with E-state index in [1.807, 2.05) is 27.7 Å². The summed E-state index contributed by atoms with van der Waals surface area (Å²) < 4.78 is 18.1. The number of rotatable bonds is 7. The van der Waals surface area contributed by atoms with E-state index >= 15 is 0 Å². The number of ether oxygens (including phenoxy) is 2. The van der Waals surface area contributed by atoms with Gasteiger partial charge in [-0.05, 0) is 45.9 Å². The molecule has 3 aromatic rings. The summed E-state index contributed by atoms with van der Waals surface area (Å²) in [5.41, 5.74) is 2.14. The van der Waals surface area contributed by atoms with Gasteiger partial charge in [-0.2, -0.15) is 5.10 Å². The molecule has 0 bridgehead atoms. The van der Waals surface area contributed by atoms with Crippen molar-refractivity contribution in [1.29, 1.82) is 0 Å². The van der Waals surface area contributed by atoms with Crippen LogP contribution in [0.1, 0.15) is 47.3 Å². The highest BCUT2D eigenvalue weighted by Gasteiger charge is 2.16. The molecule has 1 amide bonds. The van der Waals surface area contributed by atoms with E-state index in [0.29, 0.717) is 35.2 Å². The lowest BCUT2D eigenvalue weighted by molar-refractivity contribution is 0.102. The molecule has 28 heavy (non-hydrogen) atoms. The molecule has 2 aromatic heterocycles. The SMILES string of the molecule is COc1cc(C(=O)Nc2ccnn2C(C)C)ccc1OCc1c(C)noc1C. The number of aryl methyl sites for hydroxylation is 2. The third-order valence-corrected chi connectivity index (χ3v) is 4.38. The van der Waals surface area contributed by atoms with Gasteiger partial charge in [0, 0.05) is 17.7 Å². The first-order valence-corrected chi connectivity index (χ1v) is 8.98. The number of hydrogen-bond acceptors (Lipinski definition) is 6. The Kier molecular flexibility index (Phi) is 5.67. The topological polar surface area (TPSA) is 91.4 Å². The first-order chi connectivity index (χ1) is 13.4. The molecule has 1 aromatic carbocycles. The Labute approximate surface area is 163 Å². The molecule has 0 aliphatic carbocycles. The van der Waals surface area contributed by atoms with Crippen molar-refractivity contribution >= 4 is 11.7 Å². The first-order valence-electron chi connectivity index (χ1n) is 8.98. The van der Waals surface area contributed by atoms with E-state index in [-0.39, 0.29) is 11.9 Å². The molecule has 0 atom stereocenters. The predicted molar refractivity (Wildman–Crippen MR) is 104 cm³/mol. The number of amides is 1. The van der Waals surface area contributed by atoms with Gasteiger partial charge in [0.05, 0.1) is 24.6 Å². The Morgan fingerprint density at radius 1 is 1.25 bits per heavy atom. The summed E-state index contributed by atoms with van der Waals surface area (Å²) >= 11 is 0. The number of anilines is 1. The van der Waals surface area contributed by atoms with Gasteiger partial charge in [-0.3, -0.25) is 4.79 Å². The first kappa shape index (κ1) is 19.5. The minimum Gasteiger partial charge on any atom is -0.493 e. The van der Waals surface area contributed by atoms with Crippen LogP contribution in [0.15, 0.2) is 35.0 Å². The van der Waals surface area contributed by atoms with Crippen LogP contribution in [0.4, 0.5) is 5.82 Å². The molecule has 8 heteroatoms. The Morgan fingerprint density at radius 3 is 2.68 bits per heavy atom. The summed E-state index contributed by atoms with van der Waals surface area (Å²) in [5, 5.41) is 11.0. The van der Waals surface area contributed by atoms with E-state index in [0.717, 1.165) is 11.3 Å². The van der Waals surface area contributed by atoms with E-state index < -0.39 is 0 Å². The van der Waals surface area contributed by atoms with Gasteiger partial charge in [0.15, 0.2) is 11.5 Å². The number of methoxy groups -OCH3 is 1. The molecule has 0 aliphatic heterocycles. The summed E-state index contributed by atoms with van der Waals surface area (Å²) in [5.74, 6) is 2.10. The van der Waals surface area contributed by atoms with Crippen molar-refractivity contribution in [3.63, 3.8) is 0 Å². The monoisotopic (exact) mass is 384 g/mol. The standard InChI is InChI=1S/C20H24N4O4/c1-12(2)24-19(8-9-21-24)22-20(25)15-6-7-17(18(10-15)26-5)27-11-16-13(3)23-28-14(16)4/h6-10,12H,11H2,1-5H3,(H,22,25). The van der Waals surface area contributed by atoms with Gasteiger partial charge in [0.25, 0.3) is 5.91 Å². The average Bonchev–Trinajstić information content (AvgIpc) is 3.26. The number of nitrogens with zero attached hydrogens (tertiary/aromatic N) is 3. The molecule has 3 rings (SSSR count). The average molecular weight is 384 g/mol. The molecule has 0 radical (unpaired) electrons. The van der Waals surface area contributed by atoms with E-state index in [2.05, 4.69) is 15.6 Å². The van der Waals surface area contributed by atoms with E-state index in [1.54, 1.807) is 35.1 Å². The Balaban J connectivity index is 1.75. The molecular weight excluding hydrogens is 360 g/mol. The van der Waals surface area contributed by atoms with Crippen molar-refractivity contribution in [1.82, 2.24) is 14.9 Å². The quantitative estimate of drug-likeness (QED) is 0.664. The molecular formula is C20H24N4O4. The van der Waals surface area contributed by atoms with Gasteiger partial charge in [-0.15, -0.1) is 0 Å². The highest BCUT2D eigenvalue weighted by atomic mass is 16.5. The van der Waals surface area contributed by atoms with Crippen LogP contribution in [0.3, 0.4) is 0 Å². The third kappa shape index (κ3) is 4.00. The molecule has 8 nitrogen and oxygen atoms in total. The van der Waals surface area contributed by atoms with Gasteiger partial charge in [-0.25, -0.2) is 4.68 Å². The zero-order valence-corrected chi connectivity index (χ0v) is 16.6. The summed E-state index contributed by atoms with van der Waals surface area (Å²) in [6.07, 6.45) is 1.65. The molecule has 2 heterocycles. The molecule has 0 unspecified atom stereocenters. The van der Waals surface area contributed by atoms with Crippen molar-refractivity contribution in [2.45, 2.75) is 40.3 Å². The highest BCUT2D eigenvalue weighted by molar-refractivity contribution is 6.04. The summed E-state index contributed by atoms with van der Waals surface area (Å²) in [6, 6.07) is 6.95. The second kappa shape index (κ2) is 8.16. The summed E-state index contributed by atoms with van der Waals surface area (Å²) in [7, 11) is 1.54. The van der Waals surface area contributed by atoms with Crippen molar-refractivity contribution in [2.75, 3.05) is 12.4 Å². The maximum atomic E-state index is 12.6. The second-order valence-electron chi connectivity index (χ2n) is 6.67. The fraction of sp³-hybridized carbons (Fsp3) is 0.350. The lowest BCUT2D eigenvalue weighted by Gasteiger charge is -2.14. The smallest absolute Gasteiger partial charge is 0.256 e. The fourth-order valence-corrected chi connectivity index (χ4v) is 2.80. The molecule has 0 saturated carbocycles. The van der Waals surface area contributed by atoms with Crippen LogP contribution in [0.5, 0.6) is 11.5 Å². The molecule has 0 aliphatic rings. The zero-order valence-electron chi connectivity index (χ0n) is 16.6. The maximum absolute atomic E-state index is 12.6. The normalized spacial score (nSPS) is 10.9. The Bertz CT molecular complexity index is 955. The van der Waals surface area contributed by atoms with Crippen LogP contribution in [0.2, 0.25) is 0 Å². The van der Waals surface area contributed by atoms with Gasteiger partial charge in [-0.1, -0.05) is 5.16 Å². The van der Waals surface area contributed by atoms with Gasteiger partial charge in [0.1, 0.15) is 18.2 Å². The van der Waals surface area contributed by atoms with Crippen LogP contribution in [-0.2, 0) is 6.61 Å². The molecule has 0 spiro atoms. The molecule has 148 valence electrons. The molecule has 1 N–H and O–H groups in total. The molecule has 0 saturated heterocycles. The van der Waals surface area contributed by atoms with E-state index in [4.69, 9.17) is 14.0 Å². The van der Waals surface area contributed by atoms with Crippen LogP contribution in [0, 0.1) is 13.8 Å². The largest absolute Gasteiger partial charge is 0.493 e. The second-order valence-corrected chi connectivity index (χ2v) is 6.67. The number of carbonyl (C=O) groups is 1. The lowest BCUT2D eigenvalue weighted by Crippen LogP contribution is -2.16. The van der Waals surface area contributed by atoms with Crippen LogP contribution >= 0.6 is 0 Å². The number of benzene rings is 1. The van der Waals surface area contributed by atoms with Gasteiger partial charge in [0.2, 0.25) is 0 Å². The van der Waals surface area contributed by atoms with Crippen LogP contribution in [0.25, 0.3) is 0 Å². The minimum atomic E-state index is -0.252. The summed E-state index contributed by atoms with van der Waals surface area (Å²) in [4.78, 5) is 12.6. The van der Waals surface area contributed by atoms with Crippen LogP contribution < -0.4 is 14.8 Å². The summed E-state index contributed by atoms with van der Waals surface area (Å²) in [6.45, 7) is 8.00. The maximum Gasteiger partial charge on any atom is 0.256 e. The van der Waals surface area contributed by atoms with Gasteiger partial charge < -0.3 is 19.3 Å². The van der Waals surface area contributed by atoms with Crippen LogP contribution in [-0.4, -0.2) is 28.0 Å². The van der Waals surface area contributed by atoms with E-state index in [9.17, 15) is 4.79 Å². The van der Waals surface area contributed by atoms with Crippen molar-refractivity contribution in [2.24, 2.45) is 0 Å². The number of carbonyl (C=O) groups excluding carboxylic acids is 1. The Hall–Kier alpha value is -3.29. The van der Waals surface area contributed by atoms with Crippen molar-refractivity contribution < 1.29 is 18.8 Å².